The third kappa shape index (κ3) is 6.20. The number of para-hydroxylation sites is 1. The smallest absolute Gasteiger partial charge is 0.254 e. The number of fused-ring (bicyclic) bond motifs is 1. The molecule has 2 N–H and O–H groups in total. The lowest BCUT2D eigenvalue weighted by Gasteiger charge is -2.26. The van der Waals surface area contributed by atoms with E-state index in [0.717, 1.165) is 22.0 Å². The largest absolute Gasteiger partial charge is 0.466 e. The number of rotatable bonds is 7. The lowest BCUT2D eigenvalue weighted by Crippen LogP contribution is -2.47. The number of halogens is 3. The number of hydrazone groups is 1. The van der Waals surface area contributed by atoms with E-state index in [1.54, 1.807) is 42.6 Å². The summed E-state index contributed by atoms with van der Waals surface area (Å²) in [7, 11) is 0. The van der Waals surface area contributed by atoms with Crippen molar-refractivity contribution in [2.75, 3.05) is 5.43 Å². The molecule has 0 fully saturated rings. The van der Waals surface area contributed by atoms with Crippen LogP contribution in [0.3, 0.4) is 0 Å². The van der Waals surface area contributed by atoms with Crippen molar-refractivity contribution in [2.45, 2.75) is 10.0 Å². The van der Waals surface area contributed by atoms with Crippen LogP contribution in [0.25, 0.3) is 10.8 Å². The normalized spacial score (nSPS) is 12.4. The second-order valence-electron chi connectivity index (χ2n) is 7.34. The van der Waals surface area contributed by atoms with Gasteiger partial charge in [-0.15, -0.1) is 0 Å². The Balaban J connectivity index is 1.44. The molecule has 0 aliphatic carbocycles. The van der Waals surface area contributed by atoms with E-state index in [-0.39, 0.29) is 0 Å². The zero-order valence-corrected chi connectivity index (χ0v) is 20.1. The SMILES string of the molecule is O=C(N[C@@H](Oc1ccc(/C=N\Nc2ccccc2)cc1)C(Cl)(Cl)Cl)c1cccc2ccccc12. The van der Waals surface area contributed by atoms with Gasteiger partial charge in [0.1, 0.15) is 5.75 Å². The fraction of sp³-hybridized carbons (Fsp3) is 0.0769. The van der Waals surface area contributed by atoms with E-state index in [1.807, 2.05) is 60.7 Å². The maximum Gasteiger partial charge on any atom is 0.254 e. The van der Waals surface area contributed by atoms with E-state index >= 15 is 0 Å². The summed E-state index contributed by atoms with van der Waals surface area (Å²) in [5.74, 6) is 0.00609. The number of nitrogens with zero attached hydrogens (tertiary/aromatic N) is 1. The van der Waals surface area contributed by atoms with E-state index in [1.165, 1.54) is 0 Å². The molecular weight excluding hydrogens is 493 g/mol. The minimum atomic E-state index is -1.90. The van der Waals surface area contributed by atoms with E-state index in [4.69, 9.17) is 39.5 Å². The number of hydrogen-bond donors (Lipinski definition) is 2. The second-order valence-corrected chi connectivity index (χ2v) is 9.71. The summed E-state index contributed by atoms with van der Waals surface area (Å²) >= 11 is 18.4. The van der Waals surface area contributed by atoms with Gasteiger partial charge in [-0.3, -0.25) is 10.2 Å². The Bertz CT molecular complexity index is 1280. The van der Waals surface area contributed by atoms with Gasteiger partial charge in [0.15, 0.2) is 0 Å². The van der Waals surface area contributed by atoms with Crippen LogP contribution in [-0.4, -0.2) is 22.1 Å². The van der Waals surface area contributed by atoms with Crippen LogP contribution in [0.2, 0.25) is 0 Å². The molecule has 1 amide bonds. The number of nitrogens with one attached hydrogen (secondary N) is 2. The molecule has 0 aliphatic heterocycles. The van der Waals surface area contributed by atoms with Crippen molar-refractivity contribution in [2.24, 2.45) is 5.10 Å². The molecule has 172 valence electrons. The van der Waals surface area contributed by atoms with Crippen molar-refractivity contribution in [3.63, 3.8) is 0 Å². The molecule has 5 nitrogen and oxygen atoms in total. The summed E-state index contributed by atoms with van der Waals surface area (Å²) < 4.78 is 3.92. The summed E-state index contributed by atoms with van der Waals surface area (Å²) in [4.78, 5) is 13.0. The van der Waals surface area contributed by atoms with Crippen LogP contribution < -0.4 is 15.5 Å². The Morgan fingerprint density at radius 3 is 2.26 bits per heavy atom. The number of hydrogen-bond acceptors (Lipinski definition) is 4. The van der Waals surface area contributed by atoms with E-state index in [2.05, 4.69) is 15.8 Å². The molecule has 0 saturated carbocycles. The number of carbonyl (C=O) groups excluding carboxylic acids is 1. The monoisotopic (exact) mass is 511 g/mol. The van der Waals surface area contributed by atoms with Crippen molar-refractivity contribution in [1.82, 2.24) is 5.32 Å². The summed E-state index contributed by atoms with van der Waals surface area (Å²) in [6.07, 6.45) is 0.453. The van der Waals surface area contributed by atoms with Gasteiger partial charge in [-0.05, 0) is 58.8 Å². The average Bonchev–Trinajstić information content (AvgIpc) is 2.84. The van der Waals surface area contributed by atoms with E-state index in [9.17, 15) is 4.79 Å². The number of alkyl halides is 3. The molecule has 8 heteroatoms. The molecule has 0 saturated heterocycles. The molecule has 4 aromatic carbocycles. The van der Waals surface area contributed by atoms with Gasteiger partial charge in [-0.1, -0.05) is 89.4 Å². The first-order valence-corrected chi connectivity index (χ1v) is 11.5. The first-order chi connectivity index (χ1) is 16.4. The Morgan fingerprint density at radius 1 is 0.853 bits per heavy atom. The molecule has 4 rings (SSSR count). The zero-order valence-electron chi connectivity index (χ0n) is 17.8. The predicted octanol–water partition coefficient (Wildman–Crippen LogP) is 6.79. The molecule has 4 aromatic rings. The average molecular weight is 513 g/mol. The third-order valence-corrected chi connectivity index (χ3v) is 5.50. The maximum atomic E-state index is 13.0. The number of ether oxygens (including phenoxy) is 1. The van der Waals surface area contributed by atoms with Crippen LogP contribution >= 0.6 is 34.8 Å². The van der Waals surface area contributed by atoms with Crippen molar-refractivity contribution in [3.8, 4) is 5.75 Å². The molecule has 0 radical (unpaired) electrons. The van der Waals surface area contributed by atoms with Crippen molar-refractivity contribution < 1.29 is 9.53 Å². The highest BCUT2D eigenvalue weighted by Gasteiger charge is 2.36. The molecule has 0 aromatic heterocycles. The van der Waals surface area contributed by atoms with Crippen LogP contribution in [-0.2, 0) is 0 Å². The highest BCUT2D eigenvalue weighted by atomic mass is 35.6. The van der Waals surface area contributed by atoms with Gasteiger partial charge in [0, 0.05) is 5.56 Å². The van der Waals surface area contributed by atoms with Crippen molar-refractivity contribution >= 4 is 63.4 Å². The van der Waals surface area contributed by atoms with Gasteiger partial charge < -0.3 is 10.1 Å². The first kappa shape index (κ1) is 23.9. The van der Waals surface area contributed by atoms with E-state index in [0.29, 0.717) is 11.3 Å². The highest BCUT2D eigenvalue weighted by molar-refractivity contribution is 6.68. The first-order valence-electron chi connectivity index (χ1n) is 10.4. The Labute approximate surface area is 212 Å². The van der Waals surface area contributed by atoms with Gasteiger partial charge in [0.05, 0.1) is 11.9 Å². The zero-order chi connectivity index (χ0) is 24.0. The Hall–Kier alpha value is -3.25. The number of anilines is 1. The number of carbonyl (C=O) groups is 1. The lowest BCUT2D eigenvalue weighted by molar-refractivity contribution is 0.0835. The maximum absolute atomic E-state index is 13.0. The van der Waals surface area contributed by atoms with Gasteiger partial charge in [-0.25, -0.2) is 0 Å². The topological polar surface area (TPSA) is 62.7 Å². The predicted molar refractivity (Wildman–Crippen MR) is 140 cm³/mol. The molecular formula is C26H20Cl3N3O2. The van der Waals surface area contributed by atoms with Crippen LogP contribution in [0.1, 0.15) is 15.9 Å². The molecule has 0 bridgehead atoms. The summed E-state index contributed by atoms with van der Waals surface area (Å²) in [6.45, 7) is 0. The van der Waals surface area contributed by atoms with E-state index < -0.39 is 15.9 Å². The van der Waals surface area contributed by atoms with Crippen LogP contribution in [0, 0.1) is 0 Å². The summed E-state index contributed by atoms with van der Waals surface area (Å²) in [5.41, 5.74) is 5.12. The Morgan fingerprint density at radius 2 is 1.53 bits per heavy atom. The van der Waals surface area contributed by atoms with Gasteiger partial charge in [-0.2, -0.15) is 5.10 Å². The van der Waals surface area contributed by atoms with Crippen molar-refractivity contribution in [3.05, 3.63) is 108 Å². The fourth-order valence-electron chi connectivity index (χ4n) is 3.26. The molecule has 0 heterocycles. The van der Waals surface area contributed by atoms with Crippen molar-refractivity contribution in [1.29, 1.82) is 0 Å². The van der Waals surface area contributed by atoms with Gasteiger partial charge >= 0.3 is 0 Å². The summed E-state index contributed by atoms with van der Waals surface area (Å²) in [5, 5.41) is 8.61. The minimum absolute atomic E-state index is 0.413. The summed E-state index contributed by atoms with van der Waals surface area (Å²) in [6, 6.07) is 29.6. The van der Waals surface area contributed by atoms with Gasteiger partial charge in [0.2, 0.25) is 10.0 Å². The van der Waals surface area contributed by atoms with Gasteiger partial charge in [0.25, 0.3) is 5.91 Å². The number of amides is 1. The fourth-order valence-corrected chi connectivity index (χ4v) is 3.56. The molecule has 0 aliphatic rings. The lowest BCUT2D eigenvalue weighted by atomic mass is 10.0. The minimum Gasteiger partial charge on any atom is -0.466 e. The quantitative estimate of drug-likeness (QED) is 0.124. The third-order valence-electron chi connectivity index (χ3n) is 4.91. The molecule has 0 spiro atoms. The molecule has 0 unspecified atom stereocenters. The number of benzene rings is 4. The highest BCUT2D eigenvalue weighted by Crippen LogP contribution is 2.32. The van der Waals surface area contributed by atoms with Crippen LogP contribution in [0.4, 0.5) is 5.69 Å². The Kier molecular flexibility index (Phi) is 7.58. The van der Waals surface area contributed by atoms with Crippen LogP contribution in [0.5, 0.6) is 5.75 Å². The standard InChI is InChI=1S/C26H20Cl3N3O2/c27-26(28,29)25(31-24(33)23-12-6-8-19-7-4-5-11-22(19)23)34-21-15-13-18(14-16-21)17-30-32-20-9-2-1-3-10-20/h1-17,25,32H,(H,31,33)/b30-17-/t25-/m0/s1. The molecule has 34 heavy (non-hydrogen) atoms. The molecule has 1 atom stereocenters. The second kappa shape index (κ2) is 10.8. The van der Waals surface area contributed by atoms with Crippen LogP contribution in [0.15, 0.2) is 102 Å².